The van der Waals surface area contributed by atoms with Gasteiger partial charge >= 0.3 is 0 Å². The minimum Gasteiger partial charge on any atom is -0.481 e. The van der Waals surface area contributed by atoms with Crippen LogP contribution in [0.5, 0.6) is 5.88 Å². The average molecular weight is 549 g/mol. The molecule has 5 heterocycles. The van der Waals surface area contributed by atoms with Crippen LogP contribution in [0.15, 0.2) is 35.4 Å². The number of nitrogens with one attached hydrogen (secondary N) is 2. The fourth-order valence-corrected chi connectivity index (χ4v) is 5.16. The largest absolute Gasteiger partial charge is 0.481 e. The summed E-state index contributed by atoms with van der Waals surface area (Å²) in [5.74, 6) is 0.0816. The molecular weight excluding hydrogens is 523 g/mol. The van der Waals surface area contributed by atoms with E-state index in [9.17, 15) is 19.1 Å². The molecule has 0 spiro atoms. The number of ether oxygens (including phenoxy) is 1. The molecule has 0 aromatic carbocycles. The number of fused-ring (bicyclic) bond motifs is 2. The first-order valence-electron chi connectivity index (χ1n) is 11.5. The van der Waals surface area contributed by atoms with Gasteiger partial charge in [-0.3, -0.25) is 14.6 Å². The van der Waals surface area contributed by atoms with Crippen LogP contribution >= 0.6 is 24.2 Å². The van der Waals surface area contributed by atoms with Crippen molar-refractivity contribution in [2.45, 2.75) is 29.9 Å². The third kappa shape index (κ3) is 5.93. The van der Waals surface area contributed by atoms with Gasteiger partial charge in [0.05, 0.1) is 47.1 Å². The first-order valence-corrected chi connectivity index (χ1v) is 12.5. The highest BCUT2D eigenvalue weighted by molar-refractivity contribution is 8.00. The van der Waals surface area contributed by atoms with E-state index in [1.165, 1.54) is 25.1 Å². The number of rotatable bonds is 6. The molecule has 0 unspecified atom stereocenters. The summed E-state index contributed by atoms with van der Waals surface area (Å²) in [6, 6.07) is 6.34. The number of carbonyl (C=O) groups is 2. The van der Waals surface area contributed by atoms with Crippen LogP contribution in [0.4, 0.5) is 10.2 Å². The Hall–Kier alpha value is -3.06. The number of nitrogens with zero attached hydrogens (tertiary/aromatic N) is 4. The maximum atomic E-state index is 14.6. The Morgan fingerprint density at radius 1 is 1.32 bits per heavy atom. The summed E-state index contributed by atoms with van der Waals surface area (Å²) in [4.78, 5) is 39.9. The van der Waals surface area contributed by atoms with Gasteiger partial charge in [0.25, 0.3) is 5.91 Å². The monoisotopic (exact) mass is 548 g/mol. The molecule has 2 atom stereocenters. The number of carbonyl (C=O) groups excluding carboxylic acids is 2. The summed E-state index contributed by atoms with van der Waals surface area (Å²) < 4.78 is 19.8. The lowest BCUT2D eigenvalue weighted by molar-refractivity contribution is -0.113. The lowest BCUT2D eigenvalue weighted by atomic mass is 10.0. The van der Waals surface area contributed by atoms with Crippen LogP contribution in [0, 0.1) is 5.82 Å². The van der Waals surface area contributed by atoms with Crippen LogP contribution in [0.3, 0.4) is 0 Å². The first kappa shape index (κ1) is 27.0. The number of β-amino-alcohol motifs (C(OH)–C–C–N with tert-alkyl or cyclic N) is 1. The Bertz CT molecular complexity index is 1330. The fraction of sp³-hybridized carbons (Fsp3) is 0.375. The Balaban J connectivity index is 0.00000320. The molecule has 0 bridgehead atoms. The molecule has 2 amide bonds. The zero-order valence-corrected chi connectivity index (χ0v) is 21.6. The van der Waals surface area contributed by atoms with E-state index in [0.29, 0.717) is 66.5 Å². The number of halogens is 2. The van der Waals surface area contributed by atoms with Gasteiger partial charge in [-0.1, -0.05) is 0 Å². The molecule has 10 nitrogen and oxygen atoms in total. The highest BCUT2D eigenvalue weighted by Gasteiger charge is 2.30. The van der Waals surface area contributed by atoms with Gasteiger partial charge in [-0.15, -0.1) is 24.2 Å². The van der Waals surface area contributed by atoms with E-state index in [1.54, 1.807) is 24.3 Å². The first-order chi connectivity index (χ1) is 17.4. The number of aromatic nitrogens is 3. The van der Waals surface area contributed by atoms with Crippen LogP contribution in [0.25, 0.3) is 11.0 Å². The molecule has 1 saturated heterocycles. The number of hydrogen-bond acceptors (Lipinski definition) is 9. The van der Waals surface area contributed by atoms with Crippen molar-refractivity contribution >= 4 is 52.8 Å². The minimum absolute atomic E-state index is 0. The number of aliphatic hydroxyl groups is 1. The van der Waals surface area contributed by atoms with E-state index >= 15 is 0 Å². The molecule has 2 aliphatic heterocycles. The van der Waals surface area contributed by atoms with Crippen molar-refractivity contribution in [3.63, 3.8) is 0 Å². The standard InChI is InChI=1S/C24H25FN6O4S.ClH/c1-35-21-5-3-16-22(30-21)13(14(25)10-26-16)6-8-31-9-7-15(18(32)11-31)28-24(34)17-2-4-19-23(27-17)29-20(33)12-36-19;/h2-5,10,15,18,32H,6-9,11-12H2,1H3,(H,28,34)(H,27,29,33);1H/t15-,18+;/m0./s1. The third-order valence-electron chi connectivity index (χ3n) is 6.32. The second-order valence-electron chi connectivity index (χ2n) is 8.67. The molecular formula is C24H26ClFN6O4S. The van der Waals surface area contributed by atoms with Gasteiger partial charge in [-0.2, -0.15) is 0 Å². The van der Waals surface area contributed by atoms with Crippen molar-refractivity contribution in [2.75, 3.05) is 37.8 Å². The summed E-state index contributed by atoms with van der Waals surface area (Å²) in [6.07, 6.45) is 1.31. The van der Waals surface area contributed by atoms with Crippen molar-refractivity contribution in [3.8, 4) is 5.88 Å². The maximum absolute atomic E-state index is 14.6. The number of methoxy groups -OCH3 is 1. The van der Waals surface area contributed by atoms with Crippen LogP contribution in [0.2, 0.25) is 0 Å². The van der Waals surface area contributed by atoms with Gasteiger partial charge in [-0.25, -0.2) is 14.4 Å². The summed E-state index contributed by atoms with van der Waals surface area (Å²) in [5, 5.41) is 16.2. The van der Waals surface area contributed by atoms with E-state index in [0.717, 1.165) is 4.90 Å². The smallest absolute Gasteiger partial charge is 0.270 e. The van der Waals surface area contributed by atoms with Gasteiger partial charge < -0.3 is 25.4 Å². The number of aliphatic hydroxyl groups excluding tert-OH is 1. The Labute approximate surface area is 222 Å². The van der Waals surface area contributed by atoms with Gasteiger partial charge in [0, 0.05) is 31.3 Å². The summed E-state index contributed by atoms with van der Waals surface area (Å²) >= 11 is 1.37. The van der Waals surface area contributed by atoms with Crippen LogP contribution in [0.1, 0.15) is 22.5 Å². The molecule has 0 radical (unpaired) electrons. The van der Waals surface area contributed by atoms with Crippen molar-refractivity contribution < 1.29 is 23.8 Å². The van der Waals surface area contributed by atoms with Crippen molar-refractivity contribution in [2.24, 2.45) is 0 Å². The number of anilines is 1. The quantitative estimate of drug-likeness (QED) is 0.423. The SMILES string of the molecule is COc1ccc2ncc(F)c(CCN3CC[C@H](NC(=O)c4ccc5c(n4)NC(=O)CS5)[C@H](O)C3)c2n1.Cl. The molecule has 196 valence electrons. The average Bonchev–Trinajstić information content (AvgIpc) is 2.88. The Kier molecular flexibility index (Phi) is 8.42. The third-order valence-corrected chi connectivity index (χ3v) is 7.36. The molecule has 5 rings (SSSR count). The topological polar surface area (TPSA) is 130 Å². The van der Waals surface area contributed by atoms with E-state index in [1.807, 2.05) is 4.90 Å². The molecule has 0 aliphatic carbocycles. The zero-order valence-electron chi connectivity index (χ0n) is 19.9. The Morgan fingerprint density at radius 3 is 2.95 bits per heavy atom. The van der Waals surface area contributed by atoms with Crippen LogP contribution in [-0.2, 0) is 11.2 Å². The molecule has 3 N–H and O–H groups in total. The van der Waals surface area contributed by atoms with Crippen LogP contribution < -0.4 is 15.4 Å². The predicted octanol–water partition coefficient (Wildman–Crippen LogP) is 2.05. The van der Waals surface area contributed by atoms with E-state index in [4.69, 9.17) is 4.74 Å². The molecule has 3 aromatic rings. The Morgan fingerprint density at radius 2 is 2.16 bits per heavy atom. The van der Waals surface area contributed by atoms with Crippen molar-refractivity contribution in [3.05, 3.63) is 47.5 Å². The molecule has 1 fully saturated rings. The van der Waals surface area contributed by atoms with Gasteiger partial charge in [-0.05, 0) is 31.0 Å². The number of hydrogen-bond donors (Lipinski definition) is 3. The summed E-state index contributed by atoms with van der Waals surface area (Å²) in [6.45, 7) is 1.46. The fourth-order valence-electron chi connectivity index (χ4n) is 4.40. The van der Waals surface area contributed by atoms with Gasteiger partial charge in [0.1, 0.15) is 17.3 Å². The molecule has 37 heavy (non-hydrogen) atoms. The van der Waals surface area contributed by atoms with Gasteiger partial charge in [0.2, 0.25) is 11.8 Å². The summed E-state index contributed by atoms with van der Waals surface area (Å²) in [7, 11) is 1.50. The number of piperidine rings is 1. The minimum atomic E-state index is -0.798. The highest BCUT2D eigenvalue weighted by Crippen LogP contribution is 2.29. The van der Waals surface area contributed by atoms with E-state index < -0.39 is 23.9 Å². The molecule has 13 heteroatoms. The zero-order chi connectivity index (χ0) is 25.2. The van der Waals surface area contributed by atoms with E-state index in [-0.39, 0.29) is 24.0 Å². The predicted molar refractivity (Wildman–Crippen MR) is 139 cm³/mol. The van der Waals surface area contributed by atoms with Gasteiger partial charge in [0.15, 0.2) is 0 Å². The molecule has 3 aromatic heterocycles. The van der Waals surface area contributed by atoms with Crippen LogP contribution in [-0.4, -0.2) is 81.4 Å². The lowest BCUT2D eigenvalue weighted by Gasteiger charge is -2.36. The van der Waals surface area contributed by atoms with Crippen molar-refractivity contribution in [1.29, 1.82) is 0 Å². The lowest BCUT2D eigenvalue weighted by Crippen LogP contribution is -2.54. The normalized spacial score (nSPS) is 19.5. The number of thioether (sulfide) groups is 1. The number of pyridine rings is 3. The maximum Gasteiger partial charge on any atom is 0.270 e. The highest BCUT2D eigenvalue weighted by atomic mass is 35.5. The summed E-state index contributed by atoms with van der Waals surface area (Å²) in [5.41, 5.74) is 1.67. The van der Waals surface area contributed by atoms with Crippen molar-refractivity contribution in [1.82, 2.24) is 25.2 Å². The second-order valence-corrected chi connectivity index (χ2v) is 9.69. The second kappa shape index (κ2) is 11.5. The number of amides is 2. The van der Waals surface area contributed by atoms with E-state index in [2.05, 4.69) is 25.6 Å². The molecule has 0 saturated carbocycles. The molecule has 2 aliphatic rings. The number of likely N-dealkylation sites (tertiary alicyclic amines) is 1.